The van der Waals surface area contributed by atoms with Crippen molar-refractivity contribution in [3.05, 3.63) is 24.2 Å². The molecule has 0 bridgehead atoms. The molecule has 0 spiro atoms. The summed E-state index contributed by atoms with van der Waals surface area (Å²) in [6.45, 7) is 3.59. The zero-order valence-electron chi connectivity index (χ0n) is 10.3. The van der Waals surface area contributed by atoms with Gasteiger partial charge in [-0.05, 0) is 19.4 Å². The van der Waals surface area contributed by atoms with E-state index in [4.69, 9.17) is 9.15 Å². The average Bonchev–Trinajstić information content (AvgIpc) is 2.81. The lowest BCUT2D eigenvalue weighted by Gasteiger charge is -2.27. The summed E-state index contributed by atoms with van der Waals surface area (Å²) in [6, 6.07) is 1.54. The predicted molar refractivity (Wildman–Crippen MR) is 61.5 cm³/mol. The highest BCUT2D eigenvalue weighted by molar-refractivity contribution is 5.97. The number of esters is 1. The number of rotatable bonds is 5. The average molecular weight is 239 g/mol. The summed E-state index contributed by atoms with van der Waals surface area (Å²) in [6.07, 6.45) is 4.02. The number of hydrogen-bond donors (Lipinski definition) is 1. The Bertz CT molecular complexity index is 385. The van der Waals surface area contributed by atoms with Gasteiger partial charge in [-0.1, -0.05) is 13.3 Å². The van der Waals surface area contributed by atoms with Gasteiger partial charge in [0.25, 0.3) is 5.91 Å². The van der Waals surface area contributed by atoms with Gasteiger partial charge in [-0.2, -0.15) is 0 Å². The van der Waals surface area contributed by atoms with Crippen LogP contribution in [0.1, 0.15) is 37.0 Å². The van der Waals surface area contributed by atoms with Gasteiger partial charge in [-0.3, -0.25) is 4.79 Å². The highest BCUT2D eigenvalue weighted by atomic mass is 16.5. The summed E-state index contributed by atoms with van der Waals surface area (Å²) < 4.78 is 9.53. The smallest absolute Gasteiger partial charge is 0.331 e. The number of ether oxygens (including phenoxy) is 1. The van der Waals surface area contributed by atoms with Crippen molar-refractivity contribution in [1.82, 2.24) is 5.32 Å². The van der Waals surface area contributed by atoms with E-state index in [0.29, 0.717) is 12.0 Å². The van der Waals surface area contributed by atoms with Crippen molar-refractivity contribution >= 4 is 11.9 Å². The van der Waals surface area contributed by atoms with Crippen molar-refractivity contribution in [2.75, 3.05) is 7.11 Å². The molecule has 0 aliphatic rings. The molecule has 1 unspecified atom stereocenters. The molecule has 1 heterocycles. The van der Waals surface area contributed by atoms with Crippen molar-refractivity contribution in [3.8, 4) is 0 Å². The first kappa shape index (κ1) is 13.3. The van der Waals surface area contributed by atoms with Gasteiger partial charge in [0.05, 0.1) is 18.9 Å². The van der Waals surface area contributed by atoms with Crippen LogP contribution in [0.25, 0.3) is 0 Å². The lowest BCUT2D eigenvalue weighted by atomic mass is 9.96. The highest BCUT2D eigenvalue weighted by Crippen LogP contribution is 2.15. The van der Waals surface area contributed by atoms with E-state index < -0.39 is 11.5 Å². The largest absolute Gasteiger partial charge is 0.472 e. The Morgan fingerprint density at radius 2 is 2.24 bits per heavy atom. The quantitative estimate of drug-likeness (QED) is 0.795. The van der Waals surface area contributed by atoms with Crippen LogP contribution in [0.5, 0.6) is 0 Å². The normalized spacial score (nSPS) is 13.8. The van der Waals surface area contributed by atoms with Gasteiger partial charge in [0.2, 0.25) is 0 Å². The fourth-order valence-corrected chi connectivity index (χ4v) is 1.66. The molecule has 0 aliphatic heterocycles. The highest BCUT2D eigenvalue weighted by Gasteiger charge is 2.35. The molecule has 1 N–H and O–H groups in total. The van der Waals surface area contributed by atoms with Crippen LogP contribution in [0, 0.1) is 0 Å². The van der Waals surface area contributed by atoms with Crippen molar-refractivity contribution in [1.29, 1.82) is 0 Å². The lowest BCUT2D eigenvalue weighted by Crippen LogP contribution is -2.52. The molecule has 0 aliphatic carbocycles. The number of carbonyl (C=O) groups excluding carboxylic acids is 2. The summed E-state index contributed by atoms with van der Waals surface area (Å²) in [5, 5.41) is 2.67. The first-order valence-electron chi connectivity index (χ1n) is 5.46. The van der Waals surface area contributed by atoms with Crippen LogP contribution in [-0.4, -0.2) is 24.5 Å². The molecule has 0 fully saturated rings. The minimum Gasteiger partial charge on any atom is -0.472 e. The minimum atomic E-state index is -1.00. The fourth-order valence-electron chi connectivity index (χ4n) is 1.66. The van der Waals surface area contributed by atoms with Gasteiger partial charge in [-0.25, -0.2) is 4.79 Å². The van der Waals surface area contributed by atoms with E-state index in [1.54, 1.807) is 13.0 Å². The van der Waals surface area contributed by atoms with Crippen molar-refractivity contribution in [2.45, 2.75) is 32.2 Å². The number of carbonyl (C=O) groups is 2. The summed E-state index contributed by atoms with van der Waals surface area (Å²) in [7, 11) is 1.31. The molecule has 1 amide bonds. The van der Waals surface area contributed by atoms with Crippen LogP contribution in [-0.2, 0) is 9.53 Å². The second-order valence-electron chi connectivity index (χ2n) is 4.04. The molecule has 17 heavy (non-hydrogen) atoms. The van der Waals surface area contributed by atoms with E-state index in [-0.39, 0.29) is 5.91 Å². The molecule has 0 aromatic carbocycles. The Hall–Kier alpha value is -1.78. The molecule has 5 nitrogen and oxygen atoms in total. The van der Waals surface area contributed by atoms with Gasteiger partial charge >= 0.3 is 5.97 Å². The van der Waals surface area contributed by atoms with Crippen molar-refractivity contribution < 1.29 is 18.7 Å². The van der Waals surface area contributed by atoms with E-state index in [9.17, 15) is 9.59 Å². The van der Waals surface area contributed by atoms with Gasteiger partial charge in [0.1, 0.15) is 11.8 Å². The molecule has 1 rings (SSSR count). The number of amides is 1. The van der Waals surface area contributed by atoms with Crippen LogP contribution in [0.15, 0.2) is 23.0 Å². The van der Waals surface area contributed by atoms with Crippen LogP contribution in [0.3, 0.4) is 0 Å². The molecule has 1 aromatic heterocycles. The SMILES string of the molecule is CCCC(C)(NC(=O)c1ccoc1)C(=O)OC. The Balaban J connectivity index is 2.80. The Kier molecular flexibility index (Phi) is 4.31. The Labute approximate surface area is 100 Å². The maximum Gasteiger partial charge on any atom is 0.331 e. The third-order valence-corrected chi connectivity index (χ3v) is 2.56. The predicted octanol–water partition coefficient (Wildman–Crippen LogP) is 1.74. The van der Waals surface area contributed by atoms with Crippen LogP contribution < -0.4 is 5.32 Å². The van der Waals surface area contributed by atoms with Gasteiger partial charge in [0.15, 0.2) is 0 Å². The Morgan fingerprint density at radius 1 is 1.53 bits per heavy atom. The maximum absolute atomic E-state index is 11.8. The van der Waals surface area contributed by atoms with Gasteiger partial charge < -0.3 is 14.5 Å². The van der Waals surface area contributed by atoms with E-state index in [1.807, 2.05) is 6.92 Å². The molecule has 1 atom stereocenters. The van der Waals surface area contributed by atoms with Crippen LogP contribution in [0.4, 0.5) is 0 Å². The molecule has 94 valence electrons. The zero-order chi connectivity index (χ0) is 12.9. The number of methoxy groups -OCH3 is 1. The molecule has 0 radical (unpaired) electrons. The second kappa shape index (κ2) is 5.52. The van der Waals surface area contributed by atoms with Crippen LogP contribution >= 0.6 is 0 Å². The molecule has 0 saturated carbocycles. The standard InChI is InChI=1S/C12H17NO4/c1-4-6-12(2,11(15)16-3)13-10(14)9-5-7-17-8-9/h5,7-8H,4,6H2,1-3H3,(H,13,14). The van der Waals surface area contributed by atoms with E-state index >= 15 is 0 Å². The molecular weight excluding hydrogens is 222 g/mol. The molecule has 0 saturated heterocycles. The van der Waals surface area contributed by atoms with E-state index in [2.05, 4.69) is 5.32 Å². The monoisotopic (exact) mass is 239 g/mol. The molecule has 5 heteroatoms. The van der Waals surface area contributed by atoms with Gasteiger partial charge in [0, 0.05) is 0 Å². The number of furan rings is 1. The third kappa shape index (κ3) is 3.09. The molecular formula is C12H17NO4. The van der Waals surface area contributed by atoms with Crippen LogP contribution in [0.2, 0.25) is 0 Å². The summed E-state index contributed by atoms with van der Waals surface area (Å²) >= 11 is 0. The number of hydrogen-bond acceptors (Lipinski definition) is 4. The second-order valence-corrected chi connectivity index (χ2v) is 4.04. The number of nitrogens with one attached hydrogen (secondary N) is 1. The summed E-state index contributed by atoms with van der Waals surface area (Å²) in [4.78, 5) is 23.5. The van der Waals surface area contributed by atoms with Crippen molar-refractivity contribution in [2.24, 2.45) is 0 Å². The summed E-state index contributed by atoms with van der Waals surface area (Å²) in [5.41, 5.74) is -0.617. The zero-order valence-corrected chi connectivity index (χ0v) is 10.3. The fraction of sp³-hybridized carbons (Fsp3) is 0.500. The summed E-state index contributed by atoms with van der Waals surface area (Å²) in [5.74, 6) is -0.795. The van der Waals surface area contributed by atoms with E-state index in [1.165, 1.54) is 19.6 Å². The maximum atomic E-state index is 11.8. The van der Waals surface area contributed by atoms with Gasteiger partial charge in [-0.15, -0.1) is 0 Å². The first-order chi connectivity index (χ1) is 8.03. The topological polar surface area (TPSA) is 68.5 Å². The lowest BCUT2D eigenvalue weighted by molar-refractivity contribution is -0.147. The third-order valence-electron chi connectivity index (χ3n) is 2.56. The van der Waals surface area contributed by atoms with Crippen molar-refractivity contribution in [3.63, 3.8) is 0 Å². The Morgan fingerprint density at radius 3 is 2.71 bits per heavy atom. The molecule has 1 aromatic rings. The first-order valence-corrected chi connectivity index (χ1v) is 5.46. The van der Waals surface area contributed by atoms with E-state index in [0.717, 1.165) is 6.42 Å². The minimum absolute atomic E-state index is 0.347.